The number of carboxylic acid groups (broad SMARTS) is 1. The van der Waals surface area contributed by atoms with E-state index in [0.29, 0.717) is 10.9 Å². The summed E-state index contributed by atoms with van der Waals surface area (Å²) in [7, 11) is 0. The molecule has 2 aromatic rings. The van der Waals surface area contributed by atoms with Gasteiger partial charge in [-0.3, -0.25) is 4.79 Å². The second-order valence-corrected chi connectivity index (χ2v) is 3.01. The van der Waals surface area contributed by atoms with Crippen molar-refractivity contribution in [2.75, 3.05) is 0 Å². The van der Waals surface area contributed by atoms with Gasteiger partial charge in [-0.2, -0.15) is 0 Å². The third kappa shape index (κ3) is 1.35. The Morgan fingerprint density at radius 3 is 2.93 bits per heavy atom. The minimum atomic E-state index is -0.938. The molecule has 0 bridgehead atoms. The number of carboxylic acids is 1. The Labute approximate surface area is 79.4 Å². The number of aliphatic carboxylic acids is 1. The van der Waals surface area contributed by atoms with Gasteiger partial charge < -0.3 is 9.67 Å². The maximum absolute atomic E-state index is 13.2. The number of aromatic nitrogens is 1. The van der Waals surface area contributed by atoms with Gasteiger partial charge in [0.15, 0.2) is 0 Å². The zero-order valence-electron chi connectivity index (χ0n) is 7.27. The van der Waals surface area contributed by atoms with E-state index in [-0.39, 0.29) is 12.4 Å². The Hall–Kier alpha value is -1.84. The van der Waals surface area contributed by atoms with Gasteiger partial charge in [-0.25, -0.2) is 4.39 Å². The van der Waals surface area contributed by atoms with Crippen LogP contribution in [0.4, 0.5) is 4.39 Å². The lowest BCUT2D eigenvalue weighted by Crippen LogP contribution is -2.07. The van der Waals surface area contributed by atoms with E-state index in [0.717, 1.165) is 0 Å². The van der Waals surface area contributed by atoms with Crippen LogP contribution in [0.15, 0.2) is 30.5 Å². The van der Waals surface area contributed by atoms with Crippen molar-refractivity contribution in [3.8, 4) is 0 Å². The molecule has 0 amide bonds. The molecular weight excluding hydrogens is 185 g/mol. The first-order chi connectivity index (χ1) is 6.68. The van der Waals surface area contributed by atoms with Crippen molar-refractivity contribution >= 4 is 16.9 Å². The van der Waals surface area contributed by atoms with Crippen LogP contribution in [0, 0.1) is 5.82 Å². The van der Waals surface area contributed by atoms with E-state index in [9.17, 15) is 9.18 Å². The van der Waals surface area contributed by atoms with Gasteiger partial charge in [-0.15, -0.1) is 0 Å². The third-order valence-electron chi connectivity index (χ3n) is 2.07. The Bertz CT molecular complexity index is 490. The van der Waals surface area contributed by atoms with E-state index in [1.54, 1.807) is 24.4 Å². The summed E-state index contributed by atoms with van der Waals surface area (Å²) in [5, 5.41) is 9.05. The highest BCUT2D eigenvalue weighted by Crippen LogP contribution is 2.18. The van der Waals surface area contributed by atoms with Gasteiger partial charge in [0.05, 0.1) is 5.52 Å². The zero-order chi connectivity index (χ0) is 10.1. The Morgan fingerprint density at radius 1 is 1.43 bits per heavy atom. The minimum Gasteiger partial charge on any atom is -0.480 e. The normalized spacial score (nSPS) is 10.6. The molecule has 0 atom stereocenters. The van der Waals surface area contributed by atoms with E-state index in [1.165, 1.54) is 10.6 Å². The Kier molecular flexibility index (Phi) is 1.96. The van der Waals surface area contributed by atoms with Crippen molar-refractivity contribution in [3.63, 3.8) is 0 Å². The molecule has 0 radical (unpaired) electrons. The van der Waals surface area contributed by atoms with Gasteiger partial charge in [0.25, 0.3) is 0 Å². The average molecular weight is 193 g/mol. The number of benzene rings is 1. The first-order valence-electron chi connectivity index (χ1n) is 4.13. The summed E-state index contributed by atoms with van der Waals surface area (Å²) in [5.41, 5.74) is 0.604. The average Bonchev–Trinajstić information content (AvgIpc) is 2.49. The molecule has 1 aromatic carbocycles. The summed E-state index contributed by atoms with van der Waals surface area (Å²) < 4.78 is 14.7. The summed E-state index contributed by atoms with van der Waals surface area (Å²) in [6, 6.07) is 6.19. The molecule has 72 valence electrons. The number of fused-ring (bicyclic) bond motifs is 1. The van der Waals surface area contributed by atoms with Crippen LogP contribution < -0.4 is 0 Å². The molecule has 0 unspecified atom stereocenters. The molecular formula is C10H8FNO2. The molecule has 14 heavy (non-hydrogen) atoms. The number of hydrogen-bond acceptors (Lipinski definition) is 1. The Morgan fingerprint density at radius 2 is 2.21 bits per heavy atom. The predicted octanol–water partition coefficient (Wildman–Crippen LogP) is 1.86. The number of rotatable bonds is 2. The number of hydrogen-bond donors (Lipinski definition) is 1. The highest BCUT2D eigenvalue weighted by atomic mass is 19.1. The topological polar surface area (TPSA) is 42.2 Å². The maximum Gasteiger partial charge on any atom is 0.323 e. The summed E-state index contributed by atoms with van der Waals surface area (Å²) in [4.78, 5) is 10.5. The van der Waals surface area contributed by atoms with E-state index in [4.69, 9.17) is 5.11 Å². The fourth-order valence-corrected chi connectivity index (χ4v) is 1.47. The molecule has 0 aliphatic heterocycles. The first kappa shape index (κ1) is 8.74. The number of nitrogens with zero attached hydrogens (tertiary/aromatic N) is 1. The molecule has 0 spiro atoms. The van der Waals surface area contributed by atoms with Crippen molar-refractivity contribution in [2.24, 2.45) is 0 Å². The lowest BCUT2D eigenvalue weighted by Gasteiger charge is -2.00. The summed E-state index contributed by atoms with van der Waals surface area (Å²) in [5.74, 6) is -1.27. The summed E-state index contributed by atoms with van der Waals surface area (Å²) in [6.07, 6.45) is 1.57. The number of halogens is 1. The van der Waals surface area contributed by atoms with Gasteiger partial charge in [0.2, 0.25) is 0 Å². The predicted molar refractivity (Wildman–Crippen MR) is 49.5 cm³/mol. The quantitative estimate of drug-likeness (QED) is 0.791. The van der Waals surface area contributed by atoms with Crippen LogP contribution in [0.5, 0.6) is 0 Å². The molecule has 3 nitrogen and oxygen atoms in total. The maximum atomic E-state index is 13.2. The fourth-order valence-electron chi connectivity index (χ4n) is 1.47. The zero-order valence-corrected chi connectivity index (χ0v) is 7.27. The molecule has 0 aliphatic carbocycles. The van der Waals surface area contributed by atoms with Crippen LogP contribution in [-0.4, -0.2) is 15.6 Å². The van der Waals surface area contributed by atoms with Gasteiger partial charge in [0.1, 0.15) is 12.4 Å². The van der Waals surface area contributed by atoms with Crippen molar-refractivity contribution in [2.45, 2.75) is 6.54 Å². The lowest BCUT2D eigenvalue weighted by atomic mass is 10.2. The van der Waals surface area contributed by atoms with E-state index in [1.807, 2.05) is 0 Å². The largest absolute Gasteiger partial charge is 0.480 e. The second kappa shape index (κ2) is 3.14. The summed E-state index contributed by atoms with van der Waals surface area (Å²) in [6.45, 7) is -0.146. The van der Waals surface area contributed by atoms with Gasteiger partial charge in [-0.1, -0.05) is 6.07 Å². The van der Waals surface area contributed by atoms with Crippen LogP contribution in [0.1, 0.15) is 0 Å². The molecule has 1 heterocycles. The molecule has 0 saturated carbocycles. The van der Waals surface area contributed by atoms with Crippen molar-refractivity contribution in [3.05, 3.63) is 36.3 Å². The smallest absolute Gasteiger partial charge is 0.323 e. The van der Waals surface area contributed by atoms with Crippen molar-refractivity contribution < 1.29 is 14.3 Å². The highest BCUT2D eigenvalue weighted by Gasteiger charge is 2.06. The van der Waals surface area contributed by atoms with Crippen LogP contribution in [0.3, 0.4) is 0 Å². The van der Waals surface area contributed by atoms with E-state index < -0.39 is 5.97 Å². The standard InChI is InChI=1S/C10H8FNO2/c11-8-2-1-3-9-7(8)4-5-12(9)6-10(13)14/h1-5H,6H2,(H,13,14). The SMILES string of the molecule is O=C(O)Cn1ccc2c(F)cccc21. The van der Waals surface area contributed by atoms with Crippen molar-refractivity contribution in [1.82, 2.24) is 4.57 Å². The van der Waals surface area contributed by atoms with Gasteiger partial charge >= 0.3 is 5.97 Å². The monoisotopic (exact) mass is 193 g/mol. The molecule has 1 aromatic heterocycles. The first-order valence-corrected chi connectivity index (χ1v) is 4.13. The van der Waals surface area contributed by atoms with E-state index >= 15 is 0 Å². The van der Waals surface area contributed by atoms with Crippen molar-refractivity contribution in [1.29, 1.82) is 0 Å². The molecule has 4 heteroatoms. The summed E-state index contributed by atoms with van der Waals surface area (Å²) >= 11 is 0. The van der Waals surface area contributed by atoms with Crippen LogP contribution in [-0.2, 0) is 11.3 Å². The van der Waals surface area contributed by atoms with Gasteiger partial charge in [0, 0.05) is 11.6 Å². The molecule has 1 N–H and O–H groups in total. The van der Waals surface area contributed by atoms with Gasteiger partial charge in [-0.05, 0) is 18.2 Å². The minimum absolute atomic E-state index is 0.146. The van der Waals surface area contributed by atoms with E-state index in [2.05, 4.69) is 0 Å². The molecule has 0 fully saturated rings. The second-order valence-electron chi connectivity index (χ2n) is 3.01. The third-order valence-corrected chi connectivity index (χ3v) is 2.07. The van der Waals surface area contributed by atoms with Crippen LogP contribution in [0.2, 0.25) is 0 Å². The lowest BCUT2D eigenvalue weighted by molar-refractivity contribution is -0.137. The fraction of sp³-hybridized carbons (Fsp3) is 0.100. The molecule has 0 aliphatic rings. The highest BCUT2D eigenvalue weighted by molar-refractivity contribution is 5.82. The molecule has 2 rings (SSSR count). The van der Waals surface area contributed by atoms with Crippen LogP contribution in [0.25, 0.3) is 10.9 Å². The molecule has 0 saturated heterocycles. The Balaban J connectivity index is 2.58. The van der Waals surface area contributed by atoms with Crippen LogP contribution >= 0.6 is 0 Å². The number of carbonyl (C=O) groups is 1.